The summed E-state index contributed by atoms with van der Waals surface area (Å²) < 4.78 is 16.5. The van der Waals surface area contributed by atoms with Gasteiger partial charge in [0.25, 0.3) is 0 Å². The van der Waals surface area contributed by atoms with Gasteiger partial charge >= 0.3 is 0 Å². The molecule has 1 aromatic carbocycles. The van der Waals surface area contributed by atoms with Gasteiger partial charge in [0.15, 0.2) is 17.3 Å². The molecule has 1 aliphatic heterocycles. The van der Waals surface area contributed by atoms with Crippen LogP contribution in [-0.4, -0.2) is 23.4 Å². The lowest BCUT2D eigenvalue weighted by molar-refractivity contribution is 0.171. The van der Waals surface area contributed by atoms with E-state index in [1.165, 1.54) is 0 Å². The summed E-state index contributed by atoms with van der Waals surface area (Å²) in [4.78, 5) is 4.48. The van der Waals surface area contributed by atoms with Crippen LogP contribution in [-0.2, 0) is 12.0 Å². The van der Waals surface area contributed by atoms with Crippen molar-refractivity contribution in [3.05, 3.63) is 34.4 Å². The van der Waals surface area contributed by atoms with Crippen LogP contribution in [0.4, 0.5) is 0 Å². The average Bonchev–Trinajstić information content (AvgIpc) is 3.18. The summed E-state index contributed by atoms with van der Waals surface area (Å²) in [5, 5.41) is 4.61. The number of ether oxygens (including phenoxy) is 2. The van der Waals surface area contributed by atoms with E-state index in [4.69, 9.17) is 31.3 Å². The van der Waals surface area contributed by atoms with Gasteiger partial charge in [0.1, 0.15) is 13.2 Å². The van der Waals surface area contributed by atoms with E-state index in [-0.39, 0.29) is 12.4 Å². The molecule has 130 valence electrons. The largest absolute Gasteiger partial charge is 0.486 e. The Hall–Kier alpha value is -1.50. The van der Waals surface area contributed by atoms with Gasteiger partial charge in [-0.2, -0.15) is 4.98 Å². The molecule has 1 aliphatic carbocycles. The smallest absolute Gasteiger partial charge is 0.231 e. The first-order valence-corrected chi connectivity index (χ1v) is 8.22. The van der Waals surface area contributed by atoms with Crippen molar-refractivity contribution in [3.63, 3.8) is 0 Å². The van der Waals surface area contributed by atoms with Gasteiger partial charge in [0, 0.05) is 0 Å². The standard InChI is InChI=1S/C16H18ClN3O3.ClH/c17-11-7-10(8-12-14(11)22-6-5-21-12)9-13-19-15(20-23-13)16(18)3-1-2-4-16;/h7-8H,1-6,9,18H2;1H. The third kappa shape index (κ3) is 3.18. The van der Waals surface area contributed by atoms with Crippen LogP contribution in [0.3, 0.4) is 0 Å². The molecule has 0 atom stereocenters. The average molecular weight is 372 g/mol. The lowest BCUT2D eigenvalue weighted by Gasteiger charge is -2.20. The minimum atomic E-state index is -0.438. The van der Waals surface area contributed by atoms with Crippen LogP contribution in [0.1, 0.15) is 43.0 Å². The number of benzene rings is 1. The van der Waals surface area contributed by atoms with Crippen LogP contribution in [0.2, 0.25) is 5.02 Å². The molecule has 0 amide bonds. The molecule has 2 aromatic rings. The minimum absolute atomic E-state index is 0. The molecule has 0 spiro atoms. The van der Waals surface area contributed by atoms with Crippen molar-refractivity contribution < 1.29 is 14.0 Å². The van der Waals surface area contributed by atoms with Gasteiger partial charge in [-0.05, 0) is 30.5 Å². The van der Waals surface area contributed by atoms with E-state index in [0.717, 1.165) is 31.2 Å². The molecule has 24 heavy (non-hydrogen) atoms. The second-order valence-electron chi connectivity index (χ2n) is 6.15. The highest BCUT2D eigenvalue weighted by Crippen LogP contribution is 2.39. The Labute approximate surface area is 151 Å². The number of aromatic nitrogens is 2. The molecule has 0 bridgehead atoms. The Morgan fingerprint density at radius 1 is 1.17 bits per heavy atom. The van der Waals surface area contributed by atoms with Crippen molar-refractivity contribution in [2.24, 2.45) is 5.73 Å². The second-order valence-corrected chi connectivity index (χ2v) is 6.56. The molecular weight excluding hydrogens is 353 g/mol. The third-order valence-corrected chi connectivity index (χ3v) is 4.70. The zero-order chi connectivity index (χ0) is 15.9. The number of nitrogens with zero attached hydrogens (tertiary/aromatic N) is 2. The third-order valence-electron chi connectivity index (χ3n) is 4.42. The predicted molar refractivity (Wildman–Crippen MR) is 91.1 cm³/mol. The molecule has 1 aromatic heterocycles. The highest BCUT2D eigenvalue weighted by atomic mass is 35.5. The zero-order valence-corrected chi connectivity index (χ0v) is 14.7. The van der Waals surface area contributed by atoms with E-state index in [0.29, 0.717) is 47.9 Å². The fourth-order valence-electron chi connectivity index (χ4n) is 3.20. The van der Waals surface area contributed by atoms with Crippen molar-refractivity contribution in [2.45, 2.75) is 37.6 Å². The molecule has 6 nitrogen and oxygen atoms in total. The lowest BCUT2D eigenvalue weighted by atomic mass is 9.99. The summed E-state index contributed by atoms with van der Waals surface area (Å²) >= 11 is 6.25. The fourth-order valence-corrected chi connectivity index (χ4v) is 3.49. The quantitative estimate of drug-likeness (QED) is 0.891. The Balaban J connectivity index is 0.00000169. The molecule has 0 unspecified atom stereocenters. The highest BCUT2D eigenvalue weighted by molar-refractivity contribution is 6.32. The summed E-state index contributed by atoms with van der Waals surface area (Å²) in [5.41, 5.74) is 6.86. The maximum Gasteiger partial charge on any atom is 0.231 e. The maximum absolute atomic E-state index is 6.36. The van der Waals surface area contributed by atoms with Gasteiger partial charge in [-0.25, -0.2) is 0 Å². The molecule has 2 heterocycles. The van der Waals surface area contributed by atoms with Gasteiger partial charge in [-0.15, -0.1) is 12.4 Å². The van der Waals surface area contributed by atoms with Gasteiger partial charge < -0.3 is 19.7 Å². The van der Waals surface area contributed by atoms with Gasteiger partial charge in [0.2, 0.25) is 5.89 Å². The molecule has 4 rings (SSSR count). The van der Waals surface area contributed by atoms with Gasteiger partial charge in [-0.1, -0.05) is 29.6 Å². The molecule has 2 aliphatic rings. The topological polar surface area (TPSA) is 83.4 Å². The molecule has 0 saturated heterocycles. The molecular formula is C16H19Cl2N3O3. The number of nitrogens with two attached hydrogens (primary N) is 1. The maximum atomic E-state index is 6.36. The predicted octanol–water partition coefficient (Wildman–Crippen LogP) is 3.23. The Kier molecular flexibility index (Phi) is 4.90. The van der Waals surface area contributed by atoms with E-state index in [1.807, 2.05) is 12.1 Å². The van der Waals surface area contributed by atoms with Gasteiger partial charge in [0.05, 0.1) is 17.0 Å². The van der Waals surface area contributed by atoms with E-state index >= 15 is 0 Å². The minimum Gasteiger partial charge on any atom is -0.486 e. The summed E-state index contributed by atoms with van der Waals surface area (Å²) in [6.07, 6.45) is 4.51. The Bertz CT molecular complexity index is 729. The monoisotopic (exact) mass is 371 g/mol. The summed E-state index contributed by atoms with van der Waals surface area (Å²) in [5.74, 6) is 2.39. The van der Waals surface area contributed by atoms with Gasteiger partial charge in [-0.3, -0.25) is 0 Å². The number of hydrogen-bond acceptors (Lipinski definition) is 6. The highest BCUT2D eigenvalue weighted by Gasteiger charge is 2.36. The van der Waals surface area contributed by atoms with Crippen LogP contribution >= 0.6 is 24.0 Å². The van der Waals surface area contributed by atoms with Crippen LogP contribution < -0.4 is 15.2 Å². The summed E-state index contributed by atoms with van der Waals surface area (Å²) in [6.45, 7) is 1.03. The van der Waals surface area contributed by atoms with E-state index in [2.05, 4.69) is 10.1 Å². The first-order valence-electron chi connectivity index (χ1n) is 7.84. The normalized spacial score (nSPS) is 18.2. The van der Waals surface area contributed by atoms with E-state index < -0.39 is 5.54 Å². The Morgan fingerprint density at radius 3 is 2.71 bits per heavy atom. The van der Waals surface area contributed by atoms with Crippen molar-refractivity contribution in [2.75, 3.05) is 13.2 Å². The summed E-state index contributed by atoms with van der Waals surface area (Å²) in [7, 11) is 0. The first-order chi connectivity index (χ1) is 11.1. The summed E-state index contributed by atoms with van der Waals surface area (Å²) in [6, 6.07) is 3.74. The van der Waals surface area contributed by atoms with Crippen LogP contribution in [0.25, 0.3) is 0 Å². The molecule has 8 heteroatoms. The first kappa shape index (κ1) is 17.3. The zero-order valence-electron chi connectivity index (χ0n) is 13.1. The number of halogens is 2. The molecule has 2 N–H and O–H groups in total. The van der Waals surface area contributed by atoms with Crippen molar-refractivity contribution >= 4 is 24.0 Å². The number of hydrogen-bond donors (Lipinski definition) is 1. The van der Waals surface area contributed by atoms with Crippen molar-refractivity contribution in [1.29, 1.82) is 0 Å². The molecule has 0 radical (unpaired) electrons. The van der Waals surface area contributed by atoms with E-state index in [1.54, 1.807) is 0 Å². The molecule has 1 saturated carbocycles. The number of rotatable bonds is 3. The fraction of sp³-hybridized carbons (Fsp3) is 0.500. The van der Waals surface area contributed by atoms with Crippen LogP contribution in [0, 0.1) is 0 Å². The van der Waals surface area contributed by atoms with Crippen molar-refractivity contribution in [3.8, 4) is 11.5 Å². The van der Waals surface area contributed by atoms with Crippen molar-refractivity contribution in [1.82, 2.24) is 10.1 Å². The Morgan fingerprint density at radius 2 is 1.92 bits per heavy atom. The SMILES string of the molecule is Cl.NC1(c2noc(Cc3cc(Cl)c4c(c3)OCCO4)n2)CCCC1. The second kappa shape index (κ2) is 6.78. The van der Waals surface area contributed by atoms with Crippen LogP contribution in [0.5, 0.6) is 11.5 Å². The van der Waals surface area contributed by atoms with E-state index in [9.17, 15) is 0 Å². The number of fused-ring (bicyclic) bond motifs is 1. The van der Waals surface area contributed by atoms with Crippen LogP contribution in [0.15, 0.2) is 16.7 Å². The molecule has 1 fully saturated rings. The lowest BCUT2D eigenvalue weighted by Crippen LogP contribution is -2.34.